The second-order valence-corrected chi connectivity index (χ2v) is 5.99. The molecule has 21 heavy (non-hydrogen) atoms. The molecule has 3 N–H and O–H groups in total. The topological polar surface area (TPSA) is 107 Å². The number of carbonyl (C=O) groups excluding carboxylic acids is 1. The van der Waals surface area contributed by atoms with Gasteiger partial charge in [-0.15, -0.1) is 21.5 Å². The Bertz CT molecular complexity index is 607. The normalized spacial score (nSPS) is 12.6. The molecule has 0 aliphatic heterocycles. The first-order valence-electron chi connectivity index (χ1n) is 6.78. The Morgan fingerprint density at radius 1 is 1.38 bits per heavy atom. The molecule has 0 spiro atoms. The average Bonchev–Trinajstić information content (AvgIpc) is 3.05. The molecule has 2 heterocycles. The van der Waals surface area contributed by atoms with E-state index in [1.165, 1.54) is 11.3 Å². The number of nitrogen functional groups attached to an aromatic ring is 1. The molecule has 0 saturated carbocycles. The van der Waals surface area contributed by atoms with E-state index in [1.807, 2.05) is 26.2 Å². The molecular weight excluding hydrogens is 290 g/mol. The maximum absolute atomic E-state index is 11.9. The number of anilines is 1. The van der Waals surface area contributed by atoms with Crippen molar-refractivity contribution in [2.75, 3.05) is 5.73 Å². The lowest BCUT2D eigenvalue weighted by Gasteiger charge is -2.09. The Morgan fingerprint density at radius 2 is 2.10 bits per heavy atom. The van der Waals surface area contributed by atoms with Crippen molar-refractivity contribution in [3.63, 3.8) is 0 Å². The first-order chi connectivity index (χ1) is 9.95. The molecule has 2 aromatic heterocycles. The van der Waals surface area contributed by atoms with Gasteiger partial charge in [0, 0.05) is 17.7 Å². The van der Waals surface area contributed by atoms with Crippen LogP contribution in [-0.2, 0) is 11.2 Å². The summed E-state index contributed by atoms with van der Waals surface area (Å²) in [4.78, 5) is 16.0. The molecule has 0 aromatic carbocycles. The minimum absolute atomic E-state index is 0.0848. The van der Waals surface area contributed by atoms with Crippen molar-refractivity contribution in [3.05, 3.63) is 22.9 Å². The summed E-state index contributed by atoms with van der Waals surface area (Å²) in [5.41, 5.74) is 6.38. The quantitative estimate of drug-likeness (QED) is 0.845. The summed E-state index contributed by atoms with van der Waals surface area (Å²) in [6.45, 7) is 5.76. The van der Waals surface area contributed by atoms with Crippen LogP contribution in [0.2, 0.25) is 0 Å². The van der Waals surface area contributed by atoms with Crippen LogP contribution in [0.15, 0.2) is 9.80 Å². The van der Waals surface area contributed by atoms with Gasteiger partial charge in [-0.05, 0) is 13.3 Å². The third-order valence-corrected chi connectivity index (χ3v) is 3.60. The molecule has 0 bridgehead atoms. The van der Waals surface area contributed by atoms with Gasteiger partial charge in [-0.3, -0.25) is 4.79 Å². The lowest BCUT2D eigenvalue weighted by molar-refractivity contribution is -0.121. The minimum atomic E-state index is -0.307. The fourth-order valence-electron chi connectivity index (χ4n) is 1.71. The molecule has 8 heteroatoms. The van der Waals surface area contributed by atoms with Crippen LogP contribution in [0, 0.1) is 0 Å². The fourth-order valence-corrected chi connectivity index (χ4v) is 2.31. The highest BCUT2D eigenvalue weighted by atomic mass is 32.1. The molecule has 0 aliphatic rings. The van der Waals surface area contributed by atoms with Crippen LogP contribution in [0.25, 0.3) is 0 Å². The fraction of sp³-hybridized carbons (Fsp3) is 0.538. The van der Waals surface area contributed by atoms with Crippen LogP contribution in [0.5, 0.6) is 0 Å². The van der Waals surface area contributed by atoms with Gasteiger partial charge in [-0.25, -0.2) is 4.98 Å². The van der Waals surface area contributed by atoms with Gasteiger partial charge in [0.25, 0.3) is 0 Å². The molecule has 0 unspecified atom stereocenters. The van der Waals surface area contributed by atoms with Gasteiger partial charge < -0.3 is 15.5 Å². The van der Waals surface area contributed by atoms with Crippen LogP contribution in [-0.4, -0.2) is 21.1 Å². The van der Waals surface area contributed by atoms with E-state index in [2.05, 4.69) is 20.5 Å². The maximum Gasteiger partial charge on any atom is 0.238 e. The smallest absolute Gasteiger partial charge is 0.238 e. The van der Waals surface area contributed by atoms with Crippen LogP contribution in [0.4, 0.5) is 5.13 Å². The number of nitrogens with one attached hydrogen (secondary N) is 1. The minimum Gasteiger partial charge on any atom is -0.423 e. The molecule has 0 saturated heterocycles. The van der Waals surface area contributed by atoms with Crippen LogP contribution < -0.4 is 11.1 Å². The molecule has 0 aliphatic carbocycles. The zero-order valence-electron chi connectivity index (χ0n) is 12.3. The third kappa shape index (κ3) is 4.25. The second-order valence-electron chi connectivity index (χ2n) is 5.10. The summed E-state index contributed by atoms with van der Waals surface area (Å²) in [5, 5.41) is 13.1. The van der Waals surface area contributed by atoms with Gasteiger partial charge in [0.1, 0.15) is 6.04 Å². The standard InChI is InChI=1S/C13H19N5O2S/c1-7(2)11-17-18-12(20-11)8(3)15-10(19)5-4-9-6-21-13(14)16-9/h6-8H,4-5H2,1-3H3,(H2,14,16)(H,15,19)/t8-/m1/s1. The number of carbonyl (C=O) groups is 1. The summed E-state index contributed by atoms with van der Waals surface area (Å²) < 4.78 is 5.51. The van der Waals surface area contributed by atoms with Crippen molar-refractivity contribution in [1.29, 1.82) is 0 Å². The van der Waals surface area contributed by atoms with Gasteiger partial charge in [0.05, 0.1) is 5.69 Å². The Morgan fingerprint density at radius 3 is 2.67 bits per heavy atom. The second kappa shape index (κ2) is 6.66. The molecule has 7 nitrogen and oxygen atoms in total. The van der Waals surface area contributed by atoms with E-state index in [-0.39, 0.29) is 17.9 Å². The van der Waals surface area contributed by atoms with E-state index in [9.17, 15) is 4.79 Å². The summed E-state index contributed by atoms with van der Waals surface area (Å²) >= 11 is 1.37. The van der Waals surface area contributed by atoms with Crippen LogP contribution >= 0.6 is 11.3 Å². The maximum atomic E-state index is 11.9. The number of nitrogens with two attached hydrogens (primary N) is 1. The highest BCUT2D eigenvalue weighted by Crippen LogP contribution is 2.17. The highest BCUT2D eigenvalue weighted by molar-refractivity contribution is 7.13. The Balaban J connectivity index is 1.83. The molecule has 2 aromatic rings. The molecule has 0 radical (unpaired) electrons. The predicted octanol–water partition coefficient (Wildman–Crippen LogP) is 2.04. The zero-order valence-corrected chi connectivity index (χ0v) is 13.1. The molecule has 0 fully saturated rings. The number of rotatable bonds is 6. The van der Waals surface area contributed by atoms with Crippen molar-refractivity contribution < 1.29 is 9.21 Å². The van der Waals surface area contributed by atoms with E-state index in [4.69, 9.17) is 10.2 Å². The summed E-state index contributed by atoms with van der Waals surface area (Å²) in [5.74, 6) is 1.08. The highest BCUT2D eigenvalue weighted by Gasteiger charge is 2.17. The largest absolute Gasteiger partial charge is 0.423 e. The molecule has 114 valence electrons. The number of aromatic nitrogens is 3. The van der Waals surface area contributed by atoms with Gasteiger partial charge in [0.2, 0.25) is 17.7 Å². The third-order valence-electron chi connectivity index (χ3n) is 2.88. The van der Waals surface area contributed by atoms with E-state index < -0.39 is 0 Å². The number of aryl methyl sites for hydroxylation is 1. The summed E-state index contributed by atoms with van der Waals surface area (Å²) in [7, 11) is 0. The number of hydrogen-bond acceptors (Lipinski definition) is 7. The van der Waals surface area contributed by atoms with Crippen LogP contribution in [0.3, 0.4) is 0 Å². The van der Waals surface area contributed by atoms with Crippen LogP contribution in [0.1, 0.15) is 56.6 Å². The summed E-state index contributed by atoms with van der Waals surface area (Å²) in [6.07, 6.45) is 0.909. The number of nitrogens with zero attached hydrogens (tertiary/aromatic N) is 3. The van der Waals surface area contributed by atoms with Crippen molar-refractivity contribution >= 4 is 22.4 Å². The first kappa shape index (κ1) is 15.4. The Hall–Kier alpha value is -1.96. The zero-order chi connectivity index (χ0) is 15.4. The molecule has 2 rings (SSSR count). The molecule has 1 atom stereocenters. The number of thiazole rings is 1. The van der Waals surface area contributed by atoms with E-state index >= 15 is 0 Å². The van der Waals surface area contributed by atoms with Gasteiger partial charge in [-0.2, -0.15) is 0 Å². The van der Waals surface area contributed by atoms with E-state index in [1.54, 1.807) is 0 Å². The van der Waals surface area contributed by atoms with Crippen molar-refractivity contribution in [2.24, 2.45) is 0 Å². The number of hydrogen-bond donors (Lipinski definition) is 2. The monoisotopic (exact) mass is 309 g/mol. The Labute approximate surface area is 127 Å². The average molecular weight is 309 g/mol. The first-order valence-corrected chi connectivity index (χ1v) is 7.66. The van der Waals surface area contributed by atoms with Gasteiger partial charge in [-0.1, -0.05) is 13.8 Å². The number of amides is 1. The van der Waals surface area contributed by atoms with Gasteiger partial charge >= 0.3 is 0 Å². The van der Waals surface area contributed by atoms with Crippen molar-refractivity contribution in [3.8, 4) is 0 Å². The lowest BCUT2D eigenvalue weighted by Crippen LogP contribution is -2.27. The molecule has 1 amide bonds. The Kier molecular flexibility index (Phi) is 4.89. The summed E-state index contributed by atoms with van der Waals surface area (Å²) in [6, 6.07) is -0.307. The van der Waals surface area contributed by atoms with Crippen molar-refractivity contribution in [2.45, 2.75) is 45.6 Å². The lowest BCUT2D eigenvalue weighted by atomic mass is 10.2. The van der Waals surface area contributed by atoms with E-state index in [0.717, 1.165) is 5.69 Å². The SMILES string of the molecule is CC(C)c1nnc([C@@H](C)NC(=O)CCc2csc(N)n2)o1. The van der Waals surface area contributed by atoms with Crippen molar-refractivity contribution in [1.82, 2.24) is 20.5 Å². The predicted molar refractivity (Wildman–Crippen MR) is 79.8 cm³/mol. The molecular formula is C13H19N5O2S. The van der Waals surface area contributed by atoms with Gasteiger partial charge in [0.15, 0.2) is 5.13 Å². The van der Waals surface area contributed by atoms with E-state index in [0.29, 0.717) is 29.8 Å².